The standard InChI is InChI=1S/C33H27N.C13H10O.C11H10/c1-20-18-28-31(24-11-6-5-10-22(20)24)25-17-16-21(19-27(25)33(28,2)3)23-13-9-15-30-32(23)26-12-7-8-14-29(26)34(30)4;1-9-5-4-8-12-13(9)10-6-2-3-7-11(10)14-12;1-9-5-4-7-10-6-2-3-8-11(9)10/h5-19H,1-4H3;2-8H,1H3;2-8H,1H3. The van der Waals surface area contributed by atoms with Gasteiger partial charge < -0.3 is 8.98 Å². The van der Waals surface area contributed by atoms with E-state index in [0.29, 0.717) is 0 Å². The van der Waals surface area contributed by atoms with Gasteiger partial charge in [-0.05, 0) is 123 Å². The lowest BCUT2D eigenvalue weighted by molar-refractivity contribution is 0.660. The van der Waals surface area contributed by atoms with Gasteiger partial charge in [0.25, 0.3) is 0 Å². The summed E-state index contributed by atoms with van der Waals surface area (Å²) >= 11 is 0. The number of nitrogens with zero attached hydrogens (tertiary/aromatic N) is 1. The van der Waals surface area contributed by atoms with Gasteiger partial charge in [0.05, 0.1) is 0 Å². The fraction of sp³-hybridized carbons (Fsp3) is 0.123. The first-order chi connectivity index (χ1) is 28.7. The van der Waals surface area contributed by atoms with Crippen LogP contribution in [-0.2, 0) is 12.5 Å². The lowest BCUT2D eigenvalue weighted by atomic mass is 9.80. The molecule has 0 radical (unpaired) electrons. The first-order valence-corrected chi connectivity index (χ1v) is 20.7. The third-order valence-corrected chi connectivity index (χ3v) is 12.8. The number of rotatable bonds is 1. The largest absolute Gasteiger partial charge is 0.456 e. The monoisotopic (exact) mass is 761 g/mol. The molecule has 0 amide bonds. The van der Waals surface area contributed by atoms with Crippen LogP contribution in [-0.4, -0.2) is 4.57 Å². The van der Waals surface area contributed by atoms with Crippen molar-refractivity contribution in [2.45, 2.75) is 40.0 Å². The minimum atomic E-state index is -0.0396. The van der Waals surface area contributed by atoms with Crippen molar-refractivity contribution in [3.8, 4) is 22.3 Å². The van der Waals surface area contributed by atoms with Gasteiger partial charge in [-0.15, -0.1) is 0 Å². The fourth-order valence-corrected chi connectivity index (χ4v) is 9.72. The van der Waals surface area contributed by atoms with E-state index >= 15 is 0 Å². The van der Waals surface area contributed by atoms with Crippen molar-refractivity contribution in [1.29, 1.82) is 0 Å². The Morgan fingerprint density at radius 1 is 0.424 bits per heavy atom. The molecule has 1 aliphatic carbocycles. The maximum atomic E-state index is 5.73. The summed E-state index contributed by atoms with van der Waals surface area (Å²) in [5.41, 5.74) is 16.7. The average Bonchev–Trinajstić information content (AvgIpc) is 3.87. The van der Waals surface area contributed by atoms with Gasteiger partial charge in [-0.1, -0.05) is 159 Å². The molecule has 2 aromatic heterocycles. The van der Waals surface area contributed by atoms with Crippen LogP contribution in [0.2, 0.25) is 0 Å². The van der Waals surface area contributed by atoms with Crippen LogP contribution < -0.4 is 0 Å². The number of hydrogen-bond donors (Lipinski definition) is 0. The maximum Gasteiger partial charge on any atom is 0.135 e. The Labute approximate surface area is 346 Å². The molecule has 0 fully saturated rings. The molecular formula is C57H47NO. The fourth-order valence-electron chi connectivity index (χ4n) is 9.72. The topological polar surface area (TPSA) is 18.1 Å². The molecule has 2 nitrogen and oxygen atoms in total. The van der Waals surface area contributed by atoms with Crippen LogP contribution in [0.5, 0.6) is 0 Å². The zero-order valence-corrected chi connectivity index (χ0v) is 34.6. The summed E-state index contributed by atoms with van der Waals surface area (Å²) in [5, 5.41) is 10.5. The summed E-state index contributed by atoms with van der Waals surface area (Å²) in [6.45, 7) is 11.3. The predicted molar refractivity (Wildman–Crippen MR) is 253 cm³/mol. The second-order valence-corrected chi connectivity index (χ2v) is 16.7. The Morgan fingerprint density at radius 3 is 1.85 bits per heavy atom. The van der Waals surface area contributed by atoms with Gasteiger partial charge in [0.1, 0.15) is 11.2 Å². The molecule has 0 N–H and O–H groups in total. The zero-order valence-electron chi connectivity index (χ0n) is 34.6. The molecule has 0 saturated carbocycles. The summed E-state index contributed by atoms with van der Waals surface area (Å²) in [6, 6.07) is 63.0. The summed E-state index contributed by atoms with van der Waals surface area (Å²) in [5.74, 6) is 0. The summed E-state index contributed by atoms with van der Waals surface area (Å²) < 4.78 is 8.05. The second-order valence-electron chi connectivity index (χ2n) is 16.7. The Balaban J connectivity index is 0.000000136. The Kier molecular flexibility index (Phi) is 8.76. The van der Waals surface area contributed by atoms with Crippen molar-refractivity contribution in [3.05, 3.63) is 204 Å². The molecule has 0 bridgehead atoms. The van der Waals surface area contributed by atoms with Crippen molar-refractivity contribution in [1.82, 2.24) is 4.57 Å². The number of aryl methyl sites for hydroxylation is 4. The van der Waals surface area contributed by atoms with Gasteiger partial charge in [-0.25, -0.2) is 0 Å². The van der Waals surface area contributed by atoms with Crippen LogP contribution in [0, 0.1) is 20.8 Å². The molecule has 0 spiro atoms. The van der Waals surface area contributed by atoms with E-state index in [2.05, 4.69) is 192 Å². The highest BCUT2D eigenvalue weighted by molar-refractivity contribution is 6.15. The van der Waals surface area contributed by atoms with Crippen LogP contribution in [0.3, 0.4) is 0 Å². The lowest BCUT2D eigenvalue weighted by Crippen LogP contribution is -2.15. The van der Waals surface area contributed by atoms with E-state index in [1.165, 1.54) is 104 Å². The third kappa shape index (κ3) is 5.93. The number of para-hydroxylation sites is 2. The number of fused-ring (bicyclic) bond motifs is 12. The van der Waals surface area contributed by atoms with E-state index in [-0.39, 0.29) is 5.41 Å². The molecule has 286 valence electrons. The minimum absolute atomic E-state index is 0.0396. The van der Waals surface area contributed by atoms with E-state index in [9.17, 15) is 0 Å². The minimum Gasteiger partial charge on any atom is -0.456 e. The first kappa shape index (κ1) is 36.4. The van der Waals surface area contributed by atoms with E-state index in [1.807, 2.05) is 30.3 Å². The summed E-state index contributed by atoms with van der Waals surface area (Å²) in [6.07, 6.45) is 0. The van der Waals surface area contributed by atoms with E-state index in [4.69, 9.17) is 4.42 Å². The highest BCUT2D eigenvalue weighted by atomic mass is 16.3. The predicted octanol–water partition coefficient (Wildman–Crippen LogP) is 15.8. The van der Waals surface area contributed by atoms with Crippen LogP contribution in [0.15, 0.2) is 180 Å². The number of hydrogen-bond acceptors (Lipinski definition) is 1. The van der Waals surface area contributed by atoms with Gasteiger partial charge in [0.2, 0.25) is 0 Å². The van der Waals surface area contributed by atoms with Gasteiger partial charge in [0.15, 0.2) is 0 Å². The Morgan fingerprint density at radius 2 is 1.03 bits per heavy atom. The van der Waals surface area contributed by atoms with Crippen LogP contribution in [0.25, 0.3) is 87.5 Å². The van der Waals surface area contributed by atoms with Gasteiger partial charge in [-0.2, -0.15) is 0 Å². The van der Waals surface area contributed by atoms with Crippen LogP contribution >= 0.6 is 0 Å². The molecule has 2 heterocycles. The normalized spacial score (nSPS) is 12.7. The molecule has 1 aliphatic rings. The number of benzene rings is 9. The Bertz CT molecular complexity index is 3400. The van der Waals surface area contributed by atoms with Gasteiger partial charge in [-0.3, -0.25) is 0 Å². The molecule has 12 rings (SSSR count). The molecule has 9 aromatic carbocycles. The summed E-state index contributed by atoms with van der Waals surface area (Å²) in [4.78, 5) is 0. The summed E-state index contributed by atoms with van der Waals surface area (Å²) in [7, 11) is 2.17. The lowest BCUT2D eigenvalue weighted by Gasteiger charge is -2.23. The SMILES string of the molecule is Cc1cc2c(c3ccccc13)-c1ccc(-c3cccc4c3c3ccccc3n4C)cc1C2(C)C.Cc1cccc2ccccc12.Cc1cccc2oc3ccccc3c12. The first-order valence-electron chi connectivity index (χ1n) is 20.7. The van der Waals surface area contributed by atoms with Crippen molar-refractivity contribution in [2.24, 2.45) is 7.05 Å². The van der Waals surface area contributed by atoms with Gasteiger partial charge in [0, 0.05) is 45.0 Å². The quantitative estimate of drug-likeness (QED) is 0.163. The number of furan rings is 1. The van der Waals surface area contributed by atoms with E-state index < -0.39 is 0 Å². The molecular weight excluding hydrogens is 715 g/mol. The second kappa shape index (κ2) is 14.2. The molecule has 2 heteroatoms. The van der Waals surface area contributed by atoms with E-state index in [1.54, 1.807) is 0 Å². The average molecular weight is 762 g/mol. The third-order valence-electron chi connectivity index (χ3n) is 12.8. The molecule has 11 aromatic rings. The van der Waals surface area contributed by atoms with Crippen LogP contribution in [0.4, 0.5) is 0 Å². The van der Waals surface area contributed by atoms with E-state index in [0.717, 1.165) is 11.2 Å². The molecule has 0 aliphatic heterocycles. The molecule has 0 unspecified atom stereocenters. The molecule has 0 atom stereocenters. The number of aromatic nitrogens is 1. The van der Waals surface area contributed by atoms with Gasteiger partial charge >= 0.3 is 0 Å². The Hall–Kier alpha value is -6.90. The highest BCUT2D eigenvalue weighted by Crippen LogP contribution is 2.53. The van der Waals surface area contributed by atoms with Crippen molar-refractivity contribution >= 4 is 65.3 Å². The molecule has 59 heavy (non-hydrogen) atoms. The van der Waals surface area contributed by atoms with Crippen molar-refractivity contribution in [2.75, 3.05) is 0 Å². The van der Waals surface area contributed by atoms with Crippen LogP contribution in [0.1, 0.15) is 41.7 Å². The smallest absolute Gasteiger partial charge is 0.135 e. The maximum absolute atomic E-state index is 5.73. The zero-order chi connectivity index (χ0) is 40.4. The molecule has 0 saturated heterocycles. The van der Waals surface area contributed by atoms with Crippen molar-refractivity contribution < 1.29 is 4.42 Å². The highest BCUT2D eigenvalue weighted by Gasteiger charge is 2.37. The van der Waals surface area contributed by atoms with Crippen molar-refractivity contribution in [3.63, 3.8) is 0 Å².